The molecule has 0 saturated carbocycles. The van der Waals surface area contributed by atoms with Gasteiger partial charge >= 0.3 is 0 Å². The minimum atomic E-state index is 0.0509. The zero-order valence-electron chi connectivity index (χ0n) is 2.76. The summed E-state index contributed by atoms with van der Waals surface area (Å²) in [7, 11) is 0. The largest absolute Gasteiger partial charge is 0.329 e. The summed E-state index contributed by atoms with van der Waals surface area (Å²) in [5.41, 5.74) is 5.02. The minimum absolute atomic E-state index is 0.0509. The van der Waals surface area contributed by atoms with Gasteiger partial charge in [-0.25, -0.2) is 0 Å². The number of nitrogens with two attached hydrogens (primary N) is 1. The molecule has 0 spiro atoms. The molecule has 0 amide bonds. The van der Waals surface area contributed by atoms with Gasteiger partial charge in [0.05, 0.1) is 4.58 Å². The van der Waals surface area contributed by atoms with E-state index >= 15 is 0 Å². The molecule has 1 nitrogen and oxygen atoms in total. The monoisotopic (exact) mass is 109 g/mol. The van der Waals surface area contributed by atoms with Crippen LogP contribution >= 0.6 is 25.3 Å². The molecule has 0 aromatic heterocycles. The molecule has 0 aliphatic rings. The van der Waals surface area contributed by atoms with Crippen molar-refractivity contribution in [1.82, 2.24) is 0 Å². The van der Waals surface area contributed by atoms with Crippen molar-refractivity contribution >= 4 is 25.3 Å². The van der Waals surface area contributed by atoms with Crippen molar-refractivity contribution in [3.63, 3.8) is 0 Å². The van der Waals surface area contributed by atoms with E-state index in [2.05, 4.69) is 25.3 Å². The number of hydrogen-bond acceptors (Lipinski definition) is 3. The van der Waals surface area contributed by atoms with E-state index < -0.39 is 0 Å². The lowest BCUT2D eigenvalue weighted by molar-refractivity contribution is 1.12. The molecule has 0 bridgehead atoms. The van der Waals surface area contributed by atoms with Crippen molar-refractivity contribution < 1.29 is 0 Å². The molecule has 0 heterocycles. The van der Waals surface area contributed by atoms with Crippen molar-refractivity contribution in [3.8, 4) is 0 Å². The second kappa shape index (κ2) is 2.87. The summed E-state index contributed by atoms with van der Waals surface area (Å²) in [6.07, 6.45) is 0. The Morgan fingerprint density at radius 3 is 1.80 bits per heavy atom. The maximum atomic E-state index is 5.02. The lowest BCUT2D eigenvalue weighted by Gasteiger charge is -1.89. The highest BCUT2D eigenvalue weighted by Crippen LogP contribution is 1.92. The van der Waals surface area contributed by atoms with Crippen LogP contribution in [-0.2, 0) is 0 Å². The first-order chi connectivity index (χ1) is 2.27. The minimum Gasteiger partial charge on any atom is -0.329 e. The van der Waals surface area contributed by atoms with Gasteiger partial charge in [0.1, 0.15) is 0 Å². The van der Waals surface area contributed by atoms with Crippen molar-refractivity contribution in [2.45, 2.75) is 4.58 Å². The molecule has 5 heavy (non-hydrogen) atoms. The predicted octanol–water partition coefficient (Wildman–Crippen LogP) is 0.131. The van der Waals surface area contributed by atoms with E-state index in [4.69, 9.17) is 5.73 Å². The van der Waals surface area contributed by atoms with Crippen LogP contribution in [0.1, 0.15) is 0 Å². The Bertz CT molecular complexity index is 21.6. The van der Waals surface area contributed by atoms with E-state index in [1.807, 2.05) is 0 Å². The van der Waals surface area contributed by atoms with Crippen LogP contribution in [0.3, 0.4) is 0 Å². The molecule has 0 aliphatic carbocycles. The predicted molar refractivity (Wildman–Crippen MR) is 30.8 cm³/mol. The van der Waals surface area contributed by atoms with Crippen molar-refractivity contribution in [1.29, 1.82) is 0 Å². The normalized spacial score (nSPS) is 9.60. The summed E-state index contributed by atoms with van der Waals surface area (Å²) in [5.74, 6) is 0. The fraction of sp³-hybridized carbons (Fsp3) is 1.00. The number of rotatable bonds is 1. The van der Waals surface area contributed by atoms with Crippen LogP contribution in [-0.4, -0.2) is 11.1 Å². The van der Waals surface area contributed by atoms with E-state index in [1.165, 1.54) is 0 Å². The molecule has 0 unspecified atom stereocenters. The fourth-order valence-electron chi connectivity index (χ4n) is 0. The van der Waals surface area contributed by atoms with Crippen LogP contribution < -0.4 is 5.73 Å². The molecule has 2 N–H and O–H groups in total. The van der Waals surface area contributed by atoms with Gasteiger partial charge in [0.15, 0.2) is 0 Å². The van der Waals surface area contributed by atoms with Gasteiger partial charge in [0.25, 0.3) is 0 Å². The summed E-state index contributed by atoms with van der Waals surface area (Å²) >= 11 is 7.67. The lowest BCUT2D eigenvalue weighted by atomic mass is 10.8. The first kappa shape index (κ1) is 5.66. The van der Waals surface area contributed by atoms with E-state index in [-0.39, 0.29) is 4.58 Å². The Balaban J connectivity index is 2.54. The summed E-state index contributed by atoms with van der Waals surface area (Å²) in [4.78, 5) is 0. The Labute approximate surface area is 42.8 Å². The molecule has 0 radical (unpaired) electrons. The molecule has 0 atom stereocenters. The van der Waals surface area contributed by atoms with Crippen LogP contribution in [0.4, 0.5) is 0 Å². The van der Waals surface area contributed by atoms with Gasteiger partial charge < -0.3 is 5.73 Å². The Kier molecular flexibility index (Phi) is 3.25. The van der Waals surface area contributed by atoms with Crippen LogP contribution in [0.15, 0.2) is 0 Å². The van der Waals surface area contributed by atoms with Crippen molar-refractivity contribution in [2.24, 2.45) is 5.73 Å². The standard InChI is InChI=1S/C2H7NS2/c3-1-2(4)5/h2,4-5H,1,3H2. The third kappa shape index (κ3) is 4.66. The quantitative estimate of drug-likeness (QED) is 0.324. The van der Waals surface area contributed by atoms with Gasteiger partial charge in [0, 0.05) is 6.54 Å². The smallest absolute Gasteiger partial charge is 0.0564 e. The molecule has 0 fully saturated rings. The molecule has 0 aromatic rings. The highest BCUT2D eigenvalue weighted by Gasteiger charge is 1.82. The maximum absolute atomic E-state index is 5.02. The van der Waals surface area contributed by atoms with Gasteiger partial charge in [-0.3, -0.25) is 0 Å². The number of hydrogen-bond donors (Lipinski definition) is 3. The third-order valence-corrected chi connectivity index (χ3v) is 0.632. The van der Waals surface area contributed by atoms with Gasteiger partial charge in [0.2, 0.25) is 0 Å². The van der Waals surface area contributed by atoms with Gasteiger partial charge in [-0.05, 0) is 0 Å². The summed E-state index contributed by atoms with van der Waals surface area (Å²) in [5, 5.41) is 0. The fourth-order valence-corrected chi connectivity index (χ4v) is 0. The summed E-state index contributed by atoms with van der Waals surface area (Å²) in [6, 6.07) is 0. The first-order valence-electron chi connectivity index (χ1n) is 1.33. The molecule has 32 valence electrons. The second-order valence-electron chi connectivity index (χ2n) is 0.716. The van der Waals surface area contributed by atoms with Gasteiger partial charge in [-0.15, -0.1) is 0 Å². The zero-order chi connectivity index (χ0) is 4.28. The van der Waals surface area contributed by atoms with E-state index in [9.17, 15) is 0 Å². The van der Waals surface area contributed by atoms with Crippen molar-refractivity contribution in [2.75, 3.05) is 6.54 Å². The first-order valence-corrected chi connectivity index (χ1v) is 2.37. The summed E-state index contributed by atoms with van der Waals surface area (Å²) < 4.78 is 0.0509. The molecular formula is C2H7NS2. The molecule has 0 aromatic carbocycles. The Hall–Kier alpha value is 0.660. The molecule has 0 rings (SSSR count). The SMILES string of the molecule is NCC(S)S. The third-order valence-electron chi connectivity index (χ3n) is 0.211. The zero-order valence-corrected chi connectivity index (χ0v) is 4.55. The lowest BCUT2D eigenvalue weighted by Crippen LogP contribution is -2.06. The van der Waals surface area contributed by atoms with Crippen LogP contribution in [0.25, 0.3) is 0 Å². The van der Waals surface area contributed by atoms with E-state index in [0.717, 1.165) is 0 Å². The molecule has 0 aliphatic heterocycles. The van der Waals surface area contributed by atoms with Gasteiger partial charge in [-0.2, -0.15) is 25.3 Å². The second-order valence-corrected chi connectivity index (χ2v) is 2.37. The average Bonchev–Trinajstić information content (AvgIpc) is 1.38. The highest BCUT2D eigenvalue weighted by molar-refractivity contribution is 7.99. The Morgan fingerprint density at radius 1 is 1.60 bits per heavy atom. The van der Waals surface area contributed by atoms with Gasteiger partial charge in [-0.1, -0.05) is 0 Å². The highest BCUT2D eigenvalue weighted by atomic mass is 32.2. The van der Waals surface area contributed by atoms with Crippen LogP contribution in [0.2, 0.25) is 0 Å². The maximum Gasteiger partial charge on any atom is 0.0564 e. The van der Waals surface area contributed by atoms with E-state index in [0.29, 0.717) is 6.54 Å². The molecular weight excluding hydrogens is 102 g/mol. The Morgan fingerprint density at radius 2 is 1.80 bits per heavy atom. The topological polar surface area (TPSA) is 26.0 Å². The number of thiol groups is 2. The average molecular weight is 109 g/mol. The van der Waals surface area contributed by atoms with E-state index in [1.54, 1.807) is 0 Å². The van der Waals surface area contributed by atoms with Crippen LogP contribution in [0, 0.1) is 0 Å². The molecule has 3 heteroatoms. The van der Waals surface area contributed by atoms with Crippen LogP contribution in [0.5, 0.6) is 0 Å². The molecule has 0 saturated heterocycles. The van der Waals surface area contributed by atoms with Crippen molar-refractivity contribution in [3.05, 3.63) is 0 Å². The summed E-state index contributed by atoms with van der Waals surface area (Å²) in [6.45, 7) is 0.534.